The molecular formula is C15H26N2O. The van der Waals surface area contributed by atoms with Crippen LogP contribution in [-0.2, 0) is 6.42 Å². The van der Waals surface area contributed by atoms with Gasteiger partial charge in [-0.15, -0.1) is 0 Å². The largest absolute Gasteiger partial charge is 0.497 e. The number of benzene rings is 1. The van der Waals surface area contributed by atoms with E-state index >= 15 is 0 Å². The fourth-order valence-corrected chi connectivity index (χ4v) is 2.12. The van der Waals surface area contributed by atoms with E-state index in [9.17, 15) is 0 Å². The fraction of sp³-hybridized carbons (Fsp3) is 0.600. The van der Waals surface area contributed by atoms with Gasteiger partial charge in [0, 0.05) is 12.6 Å². The molecule has 0 heterocycles. The van der Waals surface area contributed by atoms with Crippen LogP contribution in [0.1, 0.15) is 18.9 Å². The van der Waals surface area contributed by atoms with Gasteiger partial charge in [0.1, 0.15) is 5.75 Å². The van der Waals surface area contributed by atoms with Crippen molar-refractivity contribution >= 4 is 0 Å². The van der Waals surface area contributed by atoms with Crippen molar-refractivity contribution in [2.75, 3.05) is 34.3 Å². The number of aryl methyl sites for hydroxylation is 1. The van der Waals surface area contributed by atoms with Crippen molar-refractivity contribution in [1.82, 2.24) is 10.2 Å². The molecule has 0 aliphatic rings. The van der Waals surface area contributed by atoms with E-state index in [0.717, 1.165) is 25.3 Å². The molecule has 3 nitrogen and oxygen atoms in total. The Balaban J connectivity index is 2.44. The summed E-state index contributed by atoms with van der Waals surface area (Å²) in [7, 11) is 5.95. The molecule has 0 saturated heterocycles. The van der Waals surface area contributed by atoms with Crippen molar-refractivity contribution in [3.05, 3.63) is 29.8 Å². The Bertz CT molecular complexity index is 322. The summed E-state index contributed by atoms with van der Waals surface area (Å²) in [5.41, 5.74) is 1.37. The summed E-state index contributed by atoms with van der Waals surface area (Å²) in [6.07, 6.45) is 2.27. The van der Waals surface area contributed by atoms with Crippen molar-refractivity contribution in [1.29, 1.82) is 0 Å². The van der Waals surface area contributed by atoms with Crippen molar-refractivity contribution < 1.29 is 4.74 Å². The first kappa shape index (κ1) is 15.0. The quantitative estimate of drug-likeness (QED) is 0.765. The molecule has 0 fully saturated rings. The molecule has 1 aromatic rings. The molecule has 0 aromatic heterocycles. The molecule has 0 amide bonds. The number of hydrogen-bond donors (Lipinski definition) is 1. The van der Waals surface area contributed by atoms with Crippen LogP contribution in [0.15, 0.2) is 24.3 Å². The molecule has 1 aromatic carbocycles. The minimum atomic E-state index is 0.562. The molecule has 18 heavy (non-hydrogen) atoms. The molecule has 0 bridgehead atoms. The Morgan fingerprint density at radius 1 is 1.22 bits per heavy atom. The number of nitrogens with zero attached hydrogens (tertiary/aromatic N) is 1. The number of hydrogen-bond acceptors (Lipinski definition) is 3. The molecule has 0 saturated carbocycles. The van der Waals surface area contributed by atoms with Gasteiger partial charge in [-0.2, -0.15) is 0 Å². The number of likely N-dealkylation sites (N-methyl/N-ethyl adjacent to an activating group) is 2. The van der Waals surface area contributed by atoms with Crippen molar-refractivity contribution in [2.24, 2.45) is 0 Å². The molecule has 0 aliphatic heterocycles. The van der Waals surface area contributed by atoms with Crippen LogP contribution < -0.4 is 10.1 Å². The summed E-state index contributed by atoms with van der Waals surface area (Å²) in [5, 5.41) is 3.54. The van der Waals surface area contributed by atoms with Crippen LogP contribution in [-0.4, -0.2) is 45.2 Å². The molecule has 0 aliphatic carbocycles. The Kier molecular flexibility index (Phi) is 6.76. The molecule has 0 radical (unpaired) electrons. The summed E-state index contributed by atoms with van der Waals surface area (Å²) in [5.74, 6) is 0.926. The van der Waals surface area contributed by atoms with Gasteiger partial charge in [-0.05, 0) is 51.2 Å². The average Bonchev–Trinajstić information content (AvgIpc) is 2.36. The maximum absolute atomic E-state index is 5.17. The fourth-order valence-electron chi connectivity index (χ4n) is 2.12. The number of ether oxygens (including phenoxy) is 1. The highest BCUT2D eigenvalue weighted by atomic mass is 16.5. The first-order valence-corrected chi connectivity index (χ1v) is 6.66. The predicted molar refractivity (Wildman–Crippen MR) is 77.3 cm³/mol. The van der Waals surface area contributed by atoms with Gasteiger partial charge < -0.3 is 15.0 Å². The minimum absolute atomic E-state index is 0.562. The Labute approximate surface area is 111 Å². The first-order valence-electron chi connectivity index (χ1n) is 6.66. The van der Waals surface area contributed by atoms with Gasteiger partial charge in [0.2, 0.25) is 0 Å². The Morgan fingerprint density at radius 3 is 2.39 bits per heavy atom. The lowest BCUT2D eigenvalue weighted by Gasteiger charge is -2.21. The molecule has 1 atom stereocenters. The molecular weight excluding hydrogens is 224 g/mol. The van der Waals surface area contributed by atoms with Gasteiger partial charge in [-0.3, -0.25) is 0 Å². The Hall–Kier alpha value is -1.06. The van der Waals surface area contributed by atoms with Gasteiger partial charge in [-0.1, -0.05) is 19.1 Å². The second-order valence-corrected chi connectivity index (χ2v) is 4.90. The third kappa shape index (κ3) is 5.52. The standard InChI is InChI=1S/C15H26N2O/c1-5-16-14(12-17(2)3)9-6-13-7-10-15(18-4)11-8-13/h7-8,10-11,14,16H,5-6,9,12H2,1-4H3. The third-order valence-electron chi connectivity index (χ3n) is 3.02. The third-order valence-corrected chi connectivity index (χ3v) is 3.02. The summed E-state index contributed by atoms with van der Waals surface area (Å²) in [6.45, 7) is 4.28. The topological polar surface area (TPSA) is 24.5 Å². The molecule has 1 unspecified atom stereocenters. The summed E-state index contributed by atoms with van der Waals surface area (Å²) >= 11 is 0. The number of rotatable bonds is 8. The highest BCUT2D eigenvalue weighted by Crippen LogP contribution is 2.13. The zero-order valence-corrected chi connectivity index (χ0v) is 12.1. The second kappa shape index (κ2) is 8.11. The van der Waals surface area contributed by atoms with Gasteiger partial charge in [0.15, 0.2) is 0 Å². The van der Waals surface area contributed by atoms with Crippen LogP contribution in [0.2, 0.25) is 0 Å². The van der Waals surface area contributed by atoms with Crippen molar-refractivity contribution in [2.45, 2.75) is 25.8 Å². The lowest BCUT2D eigenvalue weighted by molar-refractivity contribution is 0.329. The highest BCUT2D eigenvalue weighted by molar-refractivity contribution is 5.27. The summed E-state index contributed by atoms with van der Waals surface area (Å²) < 4.78 is 5.17. The monoisotopic (exact) mass is 250 g/mol. The zero-order valence-electron chi connectivity index (χ0n) is 12.1. The number of nitrogens with one attached hydrogen (secondary N) is 1. The van der Waals surface area contributed by atoms with Crippen molar-refractivity contribution in [3.63, 3.8) is 0 Å². The average molecular weight is 250 g/mol. The second-order valence-electron chi connectivity index (χ2n) is 4.90. The van der Waals surface area contributed by atoms with Crippen LogP contribution >= 0.6 is 0 Å². The van der Waals surface area contributed by atoms with Crippen molar-refractivity contribution in [3.8, 4) is 5.75 Å². The van der Waals surface area contributed by atoms with Crippen LogP contribution in [0.4, 0.5) is 0 Å². The molecule has 3 heteroatoms. The van der Waals surface area contributed by atoms with E-state index in [1.54, 1.807) is 7.11 Å². The maximum atomic E-state index is 5.17. The smallest absolute Gasteiger partial charge is 0.118 e. The van der Waals surface area contributed by atoms with Crippen LogP contribution in [0.25, 0.3) is 0 Å². The zero-order chi connectivity index (χ0) is 13.4. The van der Waals surface area contributed by atoms with E-state index in [1.807, 2.05) is 12.1 Å². The number of methoxy groups -OCH3 is 1. The van der Waals surface area contributed by atoms with Gasteiger partial charge >= 0.3 is 0 Å². The minimum Gasteiger partial charge on any atom is -0.497 e. The SMILES string of the molecule is CCNC(CCc1ccc(OC)cc1)CN(C)C. The van der Waals surface area contributed by atoms with Crippen LogP contribution in [0.3, 0.4) is 0 Å². The molecule has 1 rings (SSSR count). The predicted octanol–water partition coefficient (Wildman–Crippen LogP) is 2.17. The van der Waals surface area contributed by atoms with E-state index in [-0.39, 0.29) is 0 Å². The van der Waals surface area contributed by atoms with E-state index in [4.69, 9.17) is 4.74 Å². The van der Waals surface area contributed by atoms with Crippen LogP contribution in [0.5, 0.6) is 5.75 Å². The van der Waals surface area contributed by atoms with Crippen LogP contribution in [0, 0.1) is 0 Å². The normalized spacial score (nSPS) is 12.7. The first-order chi connectivity index (χ1) is 8.65. The lowest BCUT2D eigenvalue weighted by Crippen LogP contribution is -2.38. The van der Waals surface area contributed by atoms with E-state index in [2.05, 4.69) is 43.4 Å². The molecule has 0 spiro atoms. The maximum Gasteiger partial charge on any atom is 0.118 e. The Morgan fingerprint density at radius 2 is 1.89 bits per heavy atom. The molecule has 102 valence electrons. The van der Waals surface area contributed by atoms with Gasteiger partial charge in [0.05, 0.1) is 7.11 Å². The van der Waals surface area contributed by atoms with E-state index in [0.29, 0.717) is 6.04 Å². The summed E-state index contributed by atoms with van der Waals surface area (Å²) in [6, 6.07) is 8.93. The molecule has 1 N–H and O–H groups in total. The summed E-state index contributed by atoms with van der Waals surface area (Å²) in [4.78, 5) is 2.24. The lowest BCUT2D eigenvalue weighted by atomic mass is 10.0. The van der Waals surface area contributed by atoms with E-state index < -0.39 is 0 Å². The van der Waals surface area contributed by atoms with Gasteiger partial charge in [-0.25, -0.2) is 0 Å². The highest BCUT2D eigenvalue weighted by Gasteiger charge is 2.08. The van der Waals surface area contributed by atoms with Gasteiger partial charge in [0.25, 0.3) is 0 Å². The van der Waals surface area contributed by atoms with E-state index in [1.165, 1.54) is 12.0 Å².